The first kappa shape index (κ1) is 13.2. The van der Waals surface area contributed by atoms with Crippen LogP contribution in [0.5, 0.6) is 5.75 Å². The summed E-state index contributed by atoms with van der Waals surface area (Å²) in [5.41, 5.74) is -0.473. The Bertz CT molecular complexity index is 604. The number of rotatable bonds is 4. The highest BCUT2D eigenvalue weighted by molar-refractivity contribution is 6.29. The van der Waals surface area contributed by atoms with Crippen LogP contribution in [0.2, 0.25) is 5.15 Å². The van der Waals surface area contributed by atoms with E-state index in [1.807, 2.05) is 0 Å². The van der Waals surface area contributed by atoms with Gasteiger partial charge in [-0.1, -0.05) is 23.7 Å². The highest BCUT2D eigenvalue weighted by atomic mass is 35.5. The first-order valence-corrected chi connectivity index (χ1v) is 5.62. The third kappa shape index (κ3) is 3.17. The monoisotopic (exact) mass is 282 g/mol. The molecule has 19 heavy (non-hydrogen) atoms. The van der Waals surface area contributed by atoms with Crippen molar-refractivity contribution in [1.29, 1.82) is 0 Å². The third-order valence-corrected chi connectivity index (χ3v) is 2.57. The van der Waals surface area contributed by atoms with Gasteiger partial charge in [0.1, 0.15) is 17.5 Å². The smallest absolute Gasteiger partial charge is 0.305 e. The van der Waals surface area contributed by atoms with E-state index in [1.54, 1.807) is 6.07 Å². The molecule has 0 aliphatic rings. The van der Waals surface area contributed by atoms with Gasteiger partial charge in [0.2, 0.25) is 5.82 Å². The summed E-state index contributed by atoms with van der Waals surface area (Å²) in [5.74, 6) is -0.496. The normalized spacial score (nSPS) is 10.2. The molecule has 1 aromatic carbocycles. The molecule has 0 amide bonds. The van der Waals surface area contributed by atoms with Crippen molar-refractivity contribution in [3.05, 3.63) is 63.2 Å². The number of nitro benzene ring substituents is 1. The van der Waals surface area contributed by atoms with Crippen molar-refractivity contribution in [2.24, 2.45) is 0 Å². The van der Waals surface area contributed by atoms with E-state index < -0.39 is 16.4 Å². The first-order chi connectivity index (χ1) is 9.08. The fourth-order valence-electron chi connectivity index (χ4n) is 1.43. The van der Waals surface area contributed by atoms with Crippen molar-refractivity contribution in [3.8, 4) is 5.75 Å². The van der Waals surface area contributed by atoms with Crippen molar-refractivity contribution in [2.75, 3.05) is 0 Å². The Labute approximate surface area is 112 Å². The summed E-state index contributed by atoms with van der Waals surface area (Å²) in [5, 5.41) is 10.9. The zero-order valence-corrected chi connectivity index (χ0v) is 10.3. The van der Waals surface area contributed by atoms with Gasteiger partial charge in [0.15, 0.2) is 0 Å². The lowest BCUT2D eigenvalue weighted by Gasteiger charge is -2.06. The van der Waals surface area contributed by atoms with Gasteiger partial charge in [-0.25, -0.2) is 4.98 Å². The second kappa shape index (κ2) is 5.62. The summed E-state index contributed by atoms with van der Waals surface area (Å²) in [6, 6.07) is 7.03. The number of nitro groups is 1. The van der Waals surface area contributed by atoms with Crippen molar-refractivity contribution in [2.45, 2.75) is 6.61 Å². The van der Waals surface area contributed by atoms with Crippen LogP contribution < -0.4 is 4.74 Å². The predicted octanol–water partition coefficient (Wildman–Crippen LogP) is 3.36. The second-order valence-electron chi connectivity index (χ2n) is 3.61. The van der Waals surface area contributed by atoms with Gasteiger partial charge in [0.25, 0.3) is 0 Å². The molecule has 0 atom stereocenters. The Morgan fingerprint density at radius 3 is 2.79 bits per heavy atom. The van der Waals surface area contributed by atoms with Crippen LogP contribution in [0.1, 0.15) is 5.56 Å². The lowest BCUT2D eigenvalue weighted by Crippen LogP contribution is -2.01. The van der Waals surface area contributed by atoms with Crippen molar-refractivity contribution < 1.29 is 14.1 Å². The lowest BCUT2D eigenvalue weighted by molar-refractivity contribution is -0.387. The number of ether oxygens (including phenoxy) is 1. The molecule has 0 fully saturated rings. The van der Waals surface area contributed by atoms with Crippen LogP contribution in [0.25, 0.3) is 0 Å². The molecule has 0 bridgehead atoms. The van der Waals surface area contributed by atoms with E-state index in [-0.39, 0.29) is 12.2 Å². The van der Waals surface area contributed by atoms with E-state index in [0.29, 0.717) is 10.9 Å². The van der Waals surface area contributed by atoms with Gasteiger partial charge in [-0.05, 0) is 12.1 Å². The summed E-state index contributed by atoms with van der Waals surface area (Å²) < 4.78 is 19.0. The first-order valence-electron chi connectivity index (χ1n) is 5.24. The minimum Gasteiger partial charge on any atom is -0.487 e. The molecule has 2 aromatic rings. The standard InChI is InChI=1S/C12H8ClFN2O3/c13-11-5-4-9(6-15-11)19-7-8-2-1-3-10(12(8)14)16(17)18/h1-6H,7H2. The number of hydrogen-bond acceptors (Lipinski definition) is 4. The van der Waals surface area contributed by atoms with Gasteiger partial charge in [0.05, 0.1) is 11.1 Å². The average molecular weight is 283 g/mol. The summed E-state index contributed by atoms with van der Waals surface area (Å²) in [4.78, 5) is 13.6. The maximum Gasteiger partial charge on any atom is 0.305 e. The minimum atomic E-state index is -0.894. The summed E-state index contributed by atoms with van der Waals surface area (Å²) in [7, 11) is 0. The second-order valence-corrected chi connectivity index (χ2v) is 4.00. The molecule has 0 saturated heterocycles. The molecule has 7 heteroatoms. The highest BCUT2D eigenvalue weighted by Crippen LogP contribution is 2.21. The fourth-order valence-corrected chi connectivity index (χ4v) is 1.54. The minimum absolute atomic E-state index is 0.101. The lowest BCUT2D eigenvalue weighted by atomic mass is 10.2. The van der Waals surface area contributed by atoms with Crippen LogP contribution in [0.3, 0.4) is 0 Å². The summed E-state index contributed by atoms with van der Waals surface area (Å²) in [6.07, 6.45) is 1.39. The third-order valence-electron chi connectivity index (χ3n) is 2.35. The van der Waals surface area contributed by atoms with Gasteiger partial charge in [-0.2, -0.15) is 4.39 Å². The largest absolute Gasteiger partial charge is 0.487 e. The summed E-state index contributed by atoms with van der Waals surface area (Å²) >= 11 is 5.61. The highest BCUT2D eigenvalue weighted by Gasteiger charge is 2.17. The molecule has 0 radical (unpaired) electrons. The van der Waals surface area contributed by atoms with Crippen LogP contribution in [-0.2, 0) is 6.61 Å². The molecule has 0 spiro atoms. The van der Waals surface area contributed by atoms with Crippen molar-refractivity contribution in [1.82, 2.24) is 4.98 Å². The van der Waals surface area contributed by atoms with E-state index in [9.17, 15) is 14.5 Å². The van der Waals surface area contributed by atoms with Gasteiger partial charge in [-0.15, -0.1) is 0 Å². The summed E-state index contributed by atoms with van der Waals surface area (Å²) in [6.45, 7) is -0.128. The van der Waals surface area contributed by atoms with E-state index in [1.165, 1.54) is 24.4 Å². The van der Waals surface area contributed by atoms with E-state index >= 15 is 0 Å². The van der Waals surface area contributed by atoms with Crippen molar-refractivity contribution >= 4 is 17.3 Å². The molecule has 5 nitrogen and oxygen atoms in total. The number of benzene rings is 1. The predicted molar refractivity (Wildman–Crippen MR) is 66.6 cm³/mol. The van der Waals surface area contributed by atoms with Crippen LogP contribution in [0, 0.1) is 15.9 Å². The molecular formula is C12H8ClFN2O3. The quantitative estimate of drug-likeness (QED) is 0.490. The Morgan fingerprint density at radius 2 is 2.16 bits per heavy atom. The molecule has 98 valence electrons. The number of pyridine rings is 1. The SMILES string of the molecule is O=[N+]([O-])c1cccc(COc2ccc(Cl)nc2)c1F. The molecule has 1 aromatic heterocycles. The molecule has 0 unspecified atom stereocenters. The van der Waals surface area contributed by atoms with Crippen LogP contribution in [0.15, 0.2) is 36.5 Å². The number of aromatic nitrogens is 1. The maximum absolute atomic E-state index is 13.7. The van der Waals surface area contributed by atoms with Gasteiger partial charge >= 0.3 is 5.69 Å². The zero-order valence-electron chi connectivity index (χ0n) is 9.55. The van der Waals surface area contributed by atoms with Gasteiger partial charge in [-0.3, -0.25) is 10.1 Å². The average Bonchev–Trinajstić information content (AvgIpc) is 2.39. The van der Waals surface area contributed by atoms with Gasteiger partial charge in [0, 0.05) is 11.6 Å². The topological polar surface area (TPSA) is 65.3 Å². The number of nitrogens with zero attached hydrogens (tertiary/aromatic N) is 2. The molecule has 0 aliphatic heterocycles. The van der Waals surface area contributed by atoms with Crippen molar-refractivity contribution in [3.63, 3.8) is 0 Å². The Morgan fingerprint density at radius 1 is 1.37 bits per heavy atom. The molecule has 0 saturated carbocycles. The van der Waals surface area contributed by atoms with Crippen LogP contribution >= 0.6 is 11.6 Å². The van der Waals surface area contributed by atoms with E-state index in [0.717, 1.165) is 6.07 Å². The Hall–Kier alpha value is -2.21. The van der Waals surface area contributed by atoms with Gasteiger partial charge < -0.3 is 4.74 Å². The number of halogens is 2. The Kier molecular flexibility index (Phi) is 3.91. The van der Waals surface area contributed by atoms with E-state index in [4.69, 9.17) is 16.3 Å². The zero-order chi connectivity index (χ0) is 13.8. The fraction of sp³-hybridized carbons (Fsp3) is 0.0833. The molecule has 2 rings (SSSR count). The molecular weight excluding hydrogens is 275 g/mol. The Balaban J connectivity index is 2.13. The van der Waals surface area contributed by atoms with E-state index in [2.05, 4.69) is 4.98 Å². The van der Waals surface area contributed by atoms with Crippen LogP contribution in [0.4, 0.5) is 10.1 Å². The van der Waals surface area contributed by atoms with Crippen LogP contribution in [-0.4, -0.2) is 9.91 Å². The maximum atomic E-state index is 13.7. The molecule has 0 N–H and O–H groups in total. The number of hydrogen-bond donors (Lipinski definition) is 0. The molecule has 0 aliphatic carbocycles. The molecule has 1 heterocycles.